The van der Waals surface area contributed by atoms with Crippen molar-refractivity contribution in [3.05, 3.63) is 35.4 Å². The second kappa shape index (κ2) is 3.34. The smallest absolute Gasteiger partial charge is 0.00315 e. The van der Waals surface area contributed by atoms with Gasteiger partial charge in [-0.15, -0.1) is 0 Å². The lowest BCUT2D eigenvalue weighted by Crippen LogP contribution is -2.15. The molecule has 80 valence electrons. The summed E-state index contributed by atoms with van der Waals surface area (Å²) >= 11 is 0. The van der Waals surface area contributed by atoms with Gasteiger partial charge in [-0.25, -0.2) is 0 Å². The fourth-order valence-corrected chi connectivity index (χ4v) is 2.81. The molecule has 0 unspecified atom stereocenters. The van der Waals surface area contributed by atoms with E-state index in [1.165, 1.54) is 32.1 Å². The number of rotatable bonds is 4. The molecule has 0 heterocycles. The van der Waals surface area contributed by atoms with E-state index >= 15 is 0 Å². The molecule has 2 aliphatic rings. The van der Waals surface area contributed by atoms with E-state index in [0.717, 1.165) is 12.5 Å². The van der Waals surface area contributed by atoms with Crippen molar-refractivity contribution < 1.29 is 0 Å². The molecule has 0 spiro atoms. The molecule has 15 heavy (non-hydrogen) atoms. The SMILES string of the molecule is NCCC1(c2ccccc2C2CC2)CC1. The molecule has 1 heteroatoms. The number of nitrogens with two attached hydrogens (primary N) is 1. The van der Waals surface area contributed by atoms with Gasteiger partial charge in [-0.1, -0.05) is 24.3 Å². The van der Waals surface area contributed by atoms with E-state index in [1.54, 1.807) is 11.1 Å². The van der Waals surface area contributed by atoms with Crippen molar-refractivity contribution in [2.24, 2.45) is 5.73 Å². The average molecular weight is 201 g/mol. The van der Waals surface area contributed by atoms with Crippen molar-refractivity contribution in [2.75, 3.05) is 6.54 Å². The van der Waals surface area contributed by atoms with Gasteiger partial charge >= 0.3 is 0 Å². The topological polar surface area (TPSA) is 26.0 Å². The van der Waals surface area contributed by atoms with E-state index in [-0.39, 0.29) is 0 Å². The van der Waals surface area contributed by atoms with Gasteiger partial charge in [-0.2, -0.15) is 0 Å². The predicted octanol–water partition coefficient (Wildman–Crippen LogP) is 2.94. The lowest BCUT2D eigenvalue weighted by atomic mass is 9.87. The first-order chi connectivity index (χ1) is 7.36. The van der Waals surface area contributed by atoms with Gasteiger partial charge in [0.25, 0.3) is 0 Å². The van der Waals surface area contributed by atoms with Gasteiger partial charge in [0, 0.05) is 0 Å². The zero-order valence-corrected chi connectivity index (χ0v) is 9.21. The van der Waals surface area contributed by atoms with Crippen molar-refractivity contribution in [3.63, 3.8) is 0 Å². The fraction of sp³-hybridized carbons (Fsp3) is 0.571. The molecule has 2 fully saturated rings. The first-order valence-electron chi connectivity index (χ1n) is 6.15. The first kappa shape index (κ1) is 9.41. The molecule has 0 amide bonds. The minimum atomic E-state index is 0.480. The molecule has 0 atom stereocenters. The lowest BCUT2D eigenvalue weighted by molar-refractivity contribution is 0.622. The quantitative estimate of drug-likeness (QED) is 0.796. The minimum absolute atomic E-state index is 0.480. The average Bonchev–Trinajstić information content (AvgIpc) is 3.14. The van der Waals surface area contributed by atoms with Crippen LogP contribution in [0.2, 0.25) is 0 Å². The molecule has 3 rings (SSSR count). The highest BCUT2D eigenvalue weighted by atomic mass is 14.6. The monoisotopic (exact) mass is 201 g/mol. The highest BCUT2D eigenvalue weighted by Crippen LogP contribution is 2.55. The van der Waals surface area contributed by atoms with Crippen LogP contribution in [-0.2, 0) is 5.41 Å². The van der Waals surface area contributed by atoms with Crippen LogP contribution in [0.25, 0.3) is 0 Å². The van der Waals surface area contributed by atoms with Crippen LogP contribution in [0.4, 0.5) is 0 Å². The van der Waals surface area contributed by atoms with E-state index in [9.17, 15) is 0 Å². The molecule has 0 saturated heterocycles. The molecule has 0 bridgehead atoms. The van der Waals surface area contributed by atoms with Gasteiger partial charge in [-0.3, -0.25) is 0 Å². The molecule has 0 aliphatic heterocycles. The zero-order valence-electron chi connectivity index (χ0n) is 9.21. The molecule has 1 aromatic carbocycles. The lowest BCUT2D eigenvalue weighted by Gasteiger charge is -2.18. The Morgan fingerprint density at radius 1 is 1.20 bits per heavy atom. The molecule has 1 aromatic rings. The summed E-state index contributed by atoms with van der Waals surface area (Å²) in [5, 5.41) is 0. The van der Waals surface area contributed by atoms with Gasteiger partial charge in [0.15, 0.2) is 0 Å². The molecule has 1 nitrogen and oxygen atoms in total. The zero-order chi connectivity index (χ0) is 10.3. The largest absolute Gasteiger partial charge is 0.330 e. The van der Waals surface area contributed by atoms with E-state index in [0.29, 0.717) is 5.41 Å². The molecule has 0 aromatic heterocycles. The van der Waals surface area contributed by atoms with Crippen LogP contribution < -0.4 is 5.73 Å². The van der Waals surface area contributed by atoms with Crippen molar-refractivity contribution in [3.8, 4) is 0 Å². The summed E-state index contributed by atoms with van der Waals surface area (Å²) in [4.78, 5) is 0. The van der Waals surface area contributed by atoms with Crippen molar-refractivity contribution >= 4 is 0 Å². The number of benzene rings is 1. The normalized spacial score (nSPS) is 22.7. The fourth-order valence-electron chi connectivity index (χ4n) is 2.81. The third kappa shape index (κ3) is 1.59. The van der Waals surface area contributed by atoms with E-state index in [1.807, 2.05) is 0 Å². The van der Waals surface area contributed by atoms with Crippen LogP contribution >= 0.6 is 0 Å². The number of hydrogen-bond acceptors (Lipinski definition) is 1. The summed E-state index contributed by atoms with van der Waals surface area (Å²) in [5.41, 5.74) is 9.47. The Kier molecular flexibility index (Phi) is 2.10. The molecule has 2 saturated carbocycles. The van der Waals surface area contributed by atoms with Gasteiger partial charge in [0.05, 0.1) is 0 Å². The van der Waals surface area contributed by atoms with Gasteiger partial charge < -0.3 is 5.73 Å². The third-order valence-electron chi connectivity index (χ3n) is 4.03. The highest BCUT2D eigenvalue weighted by Gasteiger charge is 2.45. The van der Waals surface area contributed by atoms with Crippen LogP contribution in [0.5, 0.6) is 0 Å². The Labute approximate surface area is 91.7 Å². The van der Waals surface area contributed by atoms with Gasteiger partial charge in [-0.05, 0) is 61.1 Å². The maximum absolute atomic E-state index is 5.73. The summed E-state index contributed by atoms with van der Waals surface area (Å²) < 4.78 is 0. The Morgan fingerprint density at radius 3 is 2.53 bits per heavy atom. The van der Waals surface area contributed by atoms with Crippen LogP contribution in [0.3, 0.4) is 0 Å². The first-order valence-corrected chi connectivity index (χ1v) is 6.15. The summed E-state index contributed by atoms with van der Waals surface area (Å²) in [5.74, 6) is 0.872. The van der Waals surface area contributed by atoms with Gasteiger partial charge in [0.2, 0.25) is 0 Å². The second-order valence-electron chi connectivity index (χ2n) is 5.18. The Bertz CT molecular complexity index is 361. The van der Waals surface area contributed by atoms with Crippen molar-refractivity contribution in [1.82, 2.24) is 0 Å². The van der Waals surface area contributed by atoms with Crippen LogP contribution in [0.1, 0.15) is 49.1 Å². The minimum Gasteiger partial charge on any atom is -0.330 e. The van der Waals surface area contributed by atoms with Crippen LogP contribution in [0.15, 0.2) is 24.3 Å². The summed E-state index contributed by atoms with van der Waals surface area (Å²) in [7, 11) is 0. The molecular weight excluding hydrogens is 182 g/mol. The summed E-state index contributed by atoms with van der Waals surface area (Å²) in [6.45, 7) is 0.832. The van der Waals surface area contributed by atoms with E-state index in [4.69, 9.17) is 5.73 Å². The highest BCUT2D eigenvalue weighted by molar-refractivity contribution is 5.42. The third-order valence-corrected chi connectivity index (χ3v) is 4.03. The van der Waals surface area contributed by atoms with Crippen molar-refractivity contribution in [1.29, 1.82) is 0 Å². The van der Waals surface area contributed by atoms with E-state index < -0.39 is 0 Å². The summed E-state index contributed by atoms with van der Waals surface area (Å²) in [6.07, 6.45) is 6.68. The van der Waals surface area contributed by atoms with Crippen LogP contribution in [-0.4, -0.2) is 6.54 Å². The Balaban J connectivity index is 1.96. The predicted molar refractivity (Wildman–Crippen MR) is 63.0 cm³/mol. The summed E-state index contributed by atoms with van der Waals surface area (Å²) in [6, 6.07) is 9.06. The second-order valence-corrected chi connectivity index (χ2v) is 5.18. The maximum atomic E-state index is 5.73. The molecule has 2 N–H and O–H groups in total. The number of hydrogen-bond donors (Lipinski definition) is 1. The Morgan fingerprint density at radius 2 is 1.93 bits per heavy atom. The standard InChI is InChI=1S/C14H19N/c15-10-9-14(7-8-14)13-4-2-1-3-12(13)11-5-6-11/h1-4,11H,5-10,15H2. The molecular formula is C14H19N. The van der Waals surface area contributed by atoms with Crippen molar-refractivity contribution in [2.45, 2.75) is 43.4 Å². The molecule has 2 aliphatic carbocycles. The van der Waals surface area contributed by atoms with Crippen LogP contribution in [0, 0.1) is 0 Å². The Hall–Kier alpha value is -0.820. The maximum Gasteiger partial charge on any atom is -0.00315 e. The van der Waals surface area contributed by atoms with Gasteiger partial charge in [0.1, 0.15) is 0 Å². The van der Waals surface area contributed by atoms with E-state index in [2.05, 4.69) is 24.3 Å². The molecule has 0 radical (unpaired) electrons.